The van der Waals surface area contributed by atoms with Gasteiger partial charge in [-0.05, 0) is 37.0 Å². The number of anilines is 1. The summed E-state index contributed by atoms with van der Waals surface area (Å²) >= 11 is 0. The molecule has 1 saturated heterocycles. The maximum absolute atomic E-state index is 13.2. The number of fused-ring (bicyclic) bond motifs is 1. The van der Waals surface area contributed by atoms with E-state index in [0.717, 1.165) is 55.3 Å². The second-order valence-electron chi connectivity index (χ2n) is 9.13. The van der Waals surface area contributed by atoms with Gasteiger partial charge in [-0.2, -0.15) is 0 Å². The van der Waals surface area contributed by atoms with E-state index < -0.39 is 0 Å². The van der Waals surface area contributed by atoms with Crippen molar-refractivity contribution in [1.82, 2.24) is 9.55 Å². The number of aromatic nitrogens is 2. The molecule has 2 aromatic rings. The van der Waals surface area contributed by atoms with Crippen molar-refractivity contribution < 1.29 is 0 Å². The molecule has 1 spiro atoms. The number of hydrogen-bond donors (Lipinski definition) is 1. The molecule has 2 atom stereocenters. The van der Waals surface area contributed by atoms with Crippen molar-refractivity contribution in [2.75, 3.05) is 18.0 Å². The summed E-state index contributed by atoms with van der Waals surface area (Å²) in [6.07, 6.45) is 4.52. The van der Waals surface area contributed by atoms with Crippen molar-refractivity contribution >= 4 is 11.7 Å². The van der Waals surface area contributed by atoms with Crippen LogP contribution in [0.5, 0.6) is 0 Å². The highest BCUT2D eigenvalue weighted by molar-refractivity contribution is 6.14. The Hall–Kier alpha value is -2.47. The van der Waals surface area contributed by atoms with E-state index in [1.165, 1.54) is 6.42 Å². The molecule has 3 aliphatic rings. The van der Waals surface area contributed by atoms with Crippen LogP contribution in [0, 0.1) is 11.3 Å². The molecule has 2 N–H and O–H groups in total. The van der Waals surface area contributed by atoms with Gasteiger partial charge in [0.15, 0.2) is 0 Å². The predicted octanol–water partition coefficient (Wildman–Crippen LogP) is 2.48. The van der Waals surface area contributed by atoms with Gasteiger partial charge in [-0.3, -0.25) is 14.4 Å². The fourth-order valence-electron chi connectivity index (χ4n) is 5.67. The third-order valence-electron chi connectivity index (χ3n) is 7.25. The molecule has 5 rings (SSSR count). The highest BCUT2D eigenvalue weighted by atomic mass is 16.1. The molecule has 1 aromatic heterocycles. The molecule has 29 heavy (non-hydrogen) atoms. The minimum Gasteiger partial charge on any atom is -0.342 e. The fourth-order valence-corrected chi connectivity index (χ4v) is 5.67. The van der Waals surface area contributed by atoms with E-state index in [-0.39, 0.29) is 11.0 Å². The van der Waals surface area contributed by atoms with Gasteiger partial charge in [0.25, 0.3) is 5.56 Å². The molecule has 152 valence electrons. The number of hydrogen-bond acceptors (Lipinski definition) is 5. The van der Waals surface area contributed by atoms with Crippen molar-refractivity contribution in [2.24, 2.45) is 29.1 Å². The van der Waals surface area contributed by atoms with Gasteiger partial charge < -0.3 is 10.6 Å². The van der Waals surface area contributed by atoms with Crippen molar-refractivity contribution in [3.63, 3.8) is 0 Å². The van der Waals surface area contributed by atoms with Crippen LogP contribution in [0.3, 0.4) is 0 Å². The first-order valence-electron chi connectivity index (χ1n) is 10.7. The monoisotopic (exact) mass is 391 g/mol. The van der Waals surface area contributed by atoms with Crippen LogP contribution in [0.15, 0.2) is 40.1 Å². The second-order valence-corrected chi connectivity index (χ2v) is 9.13. The maximum Gasteiger partial charge on any atom is 0.264 e. The lowest BCUT2D eigenvalue weighted by molar-refractivity contribution is 0.192. The van der Waals surface area contributed by atoms with Gasteiger partial charge in [0.05, 0.1) is 23.5 Å². The predicted molar refractivity (Wildman–Crippen MR) is 116 cm³/mol. The van der Waals surface area contributed by atoms with Gasteiger partial charge in [0.1, 0.15) is 0 Å². The molecule has 0 amide bonds. The first kappa shape index (κ1) is 18.6. The Morgan fingerprint density at radius 1 is 1.17 bits per heavy atom. The summed E-state index contributed by atoms with van der Waals surface area (Å²) in [5.41, 5.74) is 9.98. The number of nitrogens with two attached hydrogens (primary N) is 1. The van der Waals surface area contributed by atoms with E-state index in [2.05, 4.69) is 16.8 Å². The topological polar surface area (TPSA) is 76.5 Å². The maximum atomic E-state index is 13.2. The van der Waals surface area contributed by atoms with E-state index in [1.807, 2.05) is 37.4 Å². The molecule has 3 heterocycles. The number of aliphatic imine (C=N–C) groups is 1. The van der Waals surface area contributed by atoms with Crippen LogP contribution in [-0.2, 0) is 13.6 Å². The quantitative estimate of drug-likeness (QED) is 0.853. The van der Waals surface area contributed by atoms with Gasteiger partial charge in [0, 0.05) is 31.7 Å². The van der Waals surface area contributed by atoms with Crippen LogP contribution in [-0.4, -0.2) is 34.4 Å². The molecule has 0 radical (unpaired) electrons. The number of nitrogens with zero attached hydrogens (tertiary/aromatic N) is 4. The standard InChI is InChI=1S/C23H29N5O/c1-15-12-18(24)23(13-15)8-10-28(11-9-23)22-26-17-14-25-20(16-6-4-3-5-7-16)19(17)21(29)27(22)2/h3-7,15,18H,8-14,24H2,1-2H3/t15-,18-/m1/s1. The SMILES string of the molecule is C[C@@H]1C[C@@H](N)C2(CCN(c3nc4c(c(=O)n3C)C(c3ccccc3)=NC4)CC2)C1. The molecule has 0 unspecified atom stereocenters. The summed E-state index contributed by atoms with van der Waals surface area (Å²) in [4.78, 5) is 25.1. The highest BCUT2D eigenvalue weighted by Crippen LogP contribution is 2.48. The summed E-state index contributed by atoms with van der Waals surface area (Å²) in [6.45, 7) is 4.61. The second kappa shape index (κ2) is 6.80. The Bertz CT molecular complexity index is 1020. The molecular weight excluding hydrogens is 362 g/mol. The van der Waals surface area contributed by atoms with Crippen molar-refractivity contribution in [2.45, 2.75) is 45.2 Å². The molecule has 2 fully saturated rings. The lowest BCUT2D eigenvalue weighted by atomic mass is 9.74. The van der Waals surface area contributed by atoms with Crippen LogP contribution < -0.4 is 16.2 Å². The van der Waals surface area contributed by atoms with Gasteiger partial charge in [0.2, 0.25) is 5.95 Å². The van der Waals surface area contributed by atoms with E-state index >= 15 is 0 Å². The molecular formula is C23H29N5O. The molecule has 6 nitrogen and oxygen atoms in total. The van der Waals surface area contributed by atoms with Crippen LogP contribution in [0.25, 0.3) is 0 Å². The normalized spacial score (nSPS) is 25.3. The van der Waals surface area contributed by atoms with Crippen LogP contribution >= 0.6 is 0 Å². The zero-order chi connectivity index (χ0) is 20.2. The largest absolute Gasteiger partial charge is 0.342 e. The minimum atomic E-state index is -0.00317. The lowest BCUT2D eigenvalue weighted by Crippen LogP contribution is -2.48. The van der Waals surface area contributed by atoms with Gasteiger partial charge in [-0.15, -0.1) is 0 Å². The Morgan fingerprint density at radius 3 is 2.55 bits per heavy atom. The van der Waals surface area contributed by atoms with E-state index in [0.29, 0.717) is 24.1 Å². The summed E-state index contributed by atoms with van der Waals surface area (Å²) in [6, 6.07) is 10.2. The Morgan fingerprint density at radius 2 is 1.90 bits per heavy atom. The lowest BCUT2D eigenvalue weighted by Gasteiger charge is -2.42. The molecule has 1 aromatic carbocycles. The van der Waals surface area contributed by atoms with Crippen LogP contribution in [0.4, 0.5) is 5.95 Å². The number of piperidine rings is 1. The third kappa shape index (κ3) is 2.92. The molecule has 0 bridgehead atoms. The Balaban J connectivity index is 1.43. The average Bonchev–Trinajstić information content (AvgIpc) is 3.27. The van der Waals surface area contributed by atoms with Crippen molar-refractivity contribution in [3.8, 4) is 0 Å². The minimum absolute atomic E-state index is 0.00317. The first-order chi connectivity index (χ1) is 14.0. The van der Waals surface area contributed by atoms with Gasteiger partial charge in [-0.1, -0.05) is 37.3 Å². The molecule has 2 aliphatic heterocycles. The van der Waals surface area contributed by atoms with Crippen LogP contribution in [0.2, 0.25) is 0 Å². The summed E-state index contributed by atoms with van der Waals surface area (Å²) < 4.78 is 1.71. The fraction of sp³-hybridized carbons (Fsp3) is 0.522. The number of rotatable bonds is 2. The summed E-state index contributed by atoms with van der Waals surface area (Å²) in [7, 11) is 1.83. The smallest absolute Gasteiger partial charge is 0.264 e. The Labute approximate surface area is 171 Å². The van der Waals surface area contributed by atoms with Crippen molar-refractivity contribution in [1.29, 1.82) is 0 Å². The molecule has 6 heteroatoms. The highest BCUT2D eigenvalue weighted by Gasteiger charge is 2.46. The Kier molecular flexibility index (Phi) is 4.35. The third-order valence-corrected chi connectivity index (χ3v) is 7.25. The van der Waals surface area contributed by atoms with Crippen LogP contribution in [0.1, 0.15) is 49.4 Å². The first-order valence-corrected chi connectivity index (χ1v) is 10.7. The van der Waals surface area contributed by atoms with E-state index in [4.69, 9.17) is 10.7 Å². The van der Waals surface area contributed by atoms with E-state index in [1.54, 1.807) is 4.57 Å². The summed E-state index contributed by atoms with van der Waals surface area (Å²) in [5, 5.41) is 0. The summed E-state index contributed by atoms with van der Waals surface area (Å²) in [5.74, 6) is 1.49. The molecule has 1 saturated carbocycles. The average molecular weight is 392 g/mol. The zero-order valence-electron chi connectivity index (χ0n) is 17.3. The van der Waals surface area contributed by atoms with Gasteiger partial charge in [-0.25, -0.2) is 4.98 Å². The molecule has 1 aliphatic carbocycles. The van der Waals surface area contributed by atoms with Gasteiger partial charge >= 0.3 is 0 Å². The van der Waals surface area contributed by atoms with E-state index in [9.17, 15) is 4.79 Å². The van der Waals surface area contributed by atoms with Crippen molar-refractivity contribution in [3.05, 3.63) is 57.5 Å². The number of benzene rings is 1. The zero-order valence-corrected chi connectivity index (χ0v) is 17.3.